The van der Waals surface area contributed by atoms with Crippen LogP contribution in [-0.4, -0.2) is 16.1 Å². The molecule has 0 aromatic carbocycles. The van der Waals surface area contributed by atoms with Gasteiger partial charge in [-0.1, -0.05) is 0 Å². The van der Waals surface area contributed by atoms with Crippen LogP contribution < -0.4 is 0 Å². The molecular weight excluding hydrogens is 152 g/mol. The number of hydrogen-bond donors (Lipinski definition) is 0. The van der Waals surface area contributed by atoms with Gasteiger partial charge < -0.3 is 0 Å². The van der Waals surface area contributed by atoms with E-state index in [9.17, 15) is 4.79 Å². The van der Waals surface area contributed by atoms with Gasteiger partial charge in [0, 0.05) is 5.69 Å². The summed E-state index contributed by atoms with van der Waals surface area (Å²) >= 11 is 0. The van der Waals surface area contributed by atoms with Crippen molar-refractivity contribution < 1.29 is 4.79 Å². The molecule has 0 saturated heterocycles. The Morgan fingerprint density at radius 3 is 2.58 bits per heavy atom. The molecule has 0 unspecified atom stereocenters. The average molecular weight is 164 g/mol. The first-order valence-electron chi connectivity index (χ1n) is 4.25. The van der Waals surface area contributed by atoms with E-state index < -0.39 is 0 Å². The summed E-state index contributed by atoms with van der Waals surface area (Å²) in [4.78, 5) is 10.7. The van der Waals surface area contributed by atoms with Crippen molar-refractivity contribution in [2.45, 2.75) is 32.7 Å². The summed E-state index contributed by atoms with van der Waals surface area (Å²) < 4.78 is 1.99. The van der Waals surface area contributed by atoms with Gasteiger partial charge in [0.2, 0.25) is 0 Å². The third-order valence-corrected chi connectivity index (χ3v) is 2.39. The highest BCUT2D eigenvalue weighted by atomic mass is 16.1. The van der Waals surface area contributed by atoms with Gasteiger partial charge in [0.05, 0.1) is 17.3 Å². The smallest absolute Gasteiger partial charge is 0.153 e. The van der Waals surface area contributed by atoms with Crippen molar-refractivity contribution in [1.29, 1.82) is 0 Å². The van der Waals surface area contributed by atoms with E-state index in [1.54, 1.807) is 0 Å². The molecule has 1 heterocycles. The topological polar surface area (TPSA) is 34.9 Å². The summed E-state index contributed by atoms with van der Waals surface area (Å²) in [5.74, 6) is 0. The second-order valence-corrected chi connectivity index (χ2v) is 3.38. The third-order valence-electron chi connectivity index (χ3n) is 2.39. The minimum Gasteiger partial charge on any atom is -0.298 e. The third kappa shape index (κ3) is 0.967. The zero-order valence-corrected chi connectivity index (χ0v) is 7.37. The first-order valence-corrected chi connectivity index (χ1v) is 4.25. The molecule has 3 heteroatoms. The van der Waals surface area contributed by atoms with Gasteiger partial charge in [-0.05, 0) is 26.7 Å². The molecule has 0 atom stereocenters. The van der Waals surface area contributed by atoms with E-state index in [0.717, 1.165) is 23.2 Å². The van der Waals surface area contributed by atoms with E-state index in [-0.39, 0.29) is 0 Å². The molecule has 1 fully saturated rings. The molecule has 0 radical (unpaired) electrons. The maximum Gasteiger partial charge on any atom is 0.153 e. The Kier molecular flexibility index (Phi) is 1.53. The molecule has 0 spiro atoms. The lowest BCUT2D eigenvalue weighted by atomic mass is 10.2. The highest BCUT2D eigenvalue weighted by molar-refractivity contribution is 5.78. The SMILES string of the molecule is Cc1nn(C2CC2)c(C)c1C=O. The Morgan fingerprint density at radius 2 is 2.17 bits per heavy atom. The quantitative estimate of drug-likeness (QED) is 0.623. The van der Waals surface area contributed by atoms with Crippen LogP contribution in [0, 0.1) is 13.8 Å². The van der Waals surface area contributed by atoms with Gasteiger partial charge in [0.25, 0.3) is 0 Å². The minimum atomic E-state index is 0.567. The Labute approximate surface area is 71.4 Å². The van der Waals surface area contributed by atoms with Gasteiger partial charge in [0.15, 0.2) is 6.29 Å². The molecular formula is C9H12N2O. The van der Waals surface area contributed by atoms with Crippen molar-refractivity contribution in [2.24, 2.45) is 0 Å². The number of carbonyl (C=O) groups excluding carboxylic acids is 1. The Hall–Kier alpha value is -1.12. The van der Waals surface area contributed by atoms with Gasteiger partial charge in [-0.15, -0.1) is 0 Å². The van der Waals surface area contributed by atoms with Crippen LogP contribution in [-0.2, 0) is 0 Å². The lowest BCUT2D eigenvalue weighted by Gasteiger charge is -1.99. The van der Waals surface area contributed by atoms with Crippen LogP contribution in [0.15, 0.2) is 0 Å². The molecule has 0 aliphatic heterocycles. The summed E-state index contributed by atoms with van der Waals surface area (Å²) in [6, 6.07) is 0.567. The number of carbonyl (C=O) groups is 1. The van der Waals surface area contributed by atoms with Crippen LogP contribution >= 0.6 is 0 Å². The van der Waals surface area contributed by atoms with Crippen molar-refractivity contribution in [2.75, 3.05) is 0 Å². The zero-order chi connectivity index (χ0) is 8.72. The summed E-state index contributed by atoms with van der Waals surface area (Å²) in [6.45, 7) is 3.84. The fourth-order valence-electron chi connectivity index (χ4n) is 1.52. The molecule has 3 nitrogen and oxygen atoms in total. The maximum atomic E-state index is 10.7. The van der Waals surface area contributed by atoms with Gasteiger partial charge >= 0.3 is 0 Å². The molecule has 0 amide bonds. The van der Waals surface area contributed by atoms with E-state index in [2.05, 4.69) is 5.10 Å². The number of nitrogens with zero attached hydrogens (tertiary/aromatic N) is 2. The van der Waals surface area contributed by atoms with Crippen molar-refractivity contribution in [3.63, 3.8) is 0 Å². The van der Waals surface area contributed by atoms with E-state index in [0.29, 0.717) is 6.04 Å². The number of hydrogen-bond acceptors (Lipinski definition) is 2. The molecule has 1 aromatic heterocycles. The first-order chi connectivity index (χ1) is 5.74. The van der Waals surface area contributed by atoms with Gasteiger partial charge in [0.1, 0.15) is 0 Å². The molecule has 2 rings (SSSR count). The summed E-state index contributed by atoms with van der Waals surface area (Å²) in [5, 5.41) is 4.33. The maximum absolute atomic E-state index is 10.7. The first kappa shape index (κ1) is 7.53. The summed E-state index contributed by atoms with van der Waals surface area (Å²) in [7, 11) is 0. The van der Waals surface area contributed by atoms with E-state index in [1.165, 1.54) is 12.8 Å². The fourth-order valence-corrected chi connectivity index (χ4v) is 1.52. The Morgan fingerprint density at radius 1 is 1.50 bits per heavy atom. The normalized spacial score (nSPS) is 16.5. The predicted molar refractivity (Wildman–Crippen MR) is 45.4 cm³/mol. The standard InChI is InChI=1S/C9H12N2O/c1-6-9(5-12)7(2)11(10-6)8-3-4-8/h5,8H,3-4H2,1-2H3. The van der Waals surface area contributed by atoms with Crippen molar-refractivity contribution in [3.8, 4) is 0 Å². The minimum absolute atomic E-state index is 0.567. The Balaban J connectivity index is 2.49. The number of aryl methyl sites for hydroxylation is 1. The average Bonchev–Trinajstić information content (AvgIpc) is 2.80. The van der Waals surface area contributed by atoms with Crippen LogP contribution in [0.2, 0.25) is 0 Å². The van der Waals surface area contributed by atoms with Crippen LogP contribution in [0.4, 0.5) is 0 Å². The molecule has 12 heavy (non-hydrogen) atoms. The lowest BCUT2D eigenvalue weighted by molar-refractivity contribution is 0.112. The van der Waals surface area contributed by atoms with Crippen LogP contribution in [0.3, 0.4) is 0 Å². The molecule has 0 N–H and O–H groups in total. The van der Waals surface area contributed by atoms with Crippen molar-refractivity contribution in [3.05, 3.63) is 17.0 Å². The number of rotatable bonds is 2. The van der Waals surface area contributed by atoms with Crippen molar-refractivity contribution in [1.82, 2.24) is 9.78 Å². The molecule has 1 aliphatic carbocycles. The van der Waals surface area contributed by atoms with Gasteiger partial charge in [-0.25, -0.2) is 0 Å². The zero-order valence-electron chi connectivity index (χ0n) is 7.37. The second kappa shape index (κ2) is 2.44. The van der Waals surface area contributed by atoms with E-state index >= 15 is 0 Å². The van der Waals surface area contributed by atoms with Gasteiger partial charge in [-0.2, -0.15) is 5.10 Å². The number of aldehydes is 1. The monoisotopic (exact) mass is 164 g/mol. The van der Waals surface area contributed by atoms with E-state index in [1.807, 2.05) is 18.5 Å². The number of aromatic nitrogens is 2. The molecule has 1 aliphatic rings. The molecule has 64 valence electrons. The Bertz CT molecular complexity index is 324. The molecule has 1 saturated carbocycles. The van der Waals surface area contributed by atoms with Crippen LogP contribution in [0.1, 0.15) is 40.6 Å². The predicted octanol–water partition coefficient (Wildman–Crippen LogP) is 1.65. The second-order valence-electron chi connectivity index (χ2n) is 3.38. The largest absolute Gasteiger partial charge is 0.298 e. The van der Waals surface area contributed by atoms with Gasteiger partial charge in [-0.3, -0.25) is 9.48 Å². The highest BCUT2D eigenvalue weighted by Crippen LogP contribution is 2.35. The van der Waals surface area contributed by atoms with E-state index in [4.69, 9.17) is 0 Å². The molecule has 1 aromatic rings. The lowest BCUT2D eigenvalue weighted by Crippen LogP contribution is -1.98. The van der Waals surface area contributed by atoms with Crippen LogP contribution in [0.5, 0.6) is 0 Å². The van der Waals surface area contributed by atoms with Crippen molar-refractivity contribution >= 4 is 6.29 Å². The summed E-state index contributed by atoms with van der Waals surface area (Å²) in [5.41, 5.74) is 2.64. The molecule has 0 bridgehead atoms. The summed E-state index contributed by atoms with van der Waals surface area (Å²) in [6.07, 6.45) is 3.32. The van der Waals surface area contributed by atoms with Crippen LogP contribution in [0.25, 0.3) is 0 Å². The highest BCUT2D eigenvalue weighted by Gasteiger charge is 2.27. The fraction of sp³-hybridized carbons (Fsp3) is 0.556.